The van der Waals surface area contributed by atoms with Crippen LogP contribution in [0.1, 0.15) is 39.7 Å². The smallest absolute Gasteiger partial charge is 0.369 e. The third kappa shape index (κ3) is 6.03. The number of tetrazole rings is 1. The van der Waals surface area contributed by atoms with E-state index in [1.54, 1.807) is 10.7 Å². The number of hydrogen-bond acceptors (Lipinski definition) is 6. The van der Waals surface area contributed by atoms with Crippen molar-refractivity contribution in [1.82, 2.24) is 30.1 Å². The predicted molar refractivity (Wildman–Crippen MR) is 159 cm³/mol. The van der Waals surface area contributed by atoms with Gasteiger partial charge in [0.15, 0.2) is 5.82 Å². The molecule has 2 aromatic heterocycles. The zero-order chi connectivity index (χ0) is 30.1. The number of anilines is 1. The van der Waals surface area contributed by atoms with Crippen LogP contribution in [-0.2, 0) is 19.1 Å². The Kier molecular flexibility index (Phi) is 7.74. The monoisotopic (exact) mass is 587 g/mol. The molecule has 1 fully saturated rings. The second-order valence-electron chi connectivity index (χ2n) is 11.1. The lowest BCUT2D eigenvalue weighted by atomic mass is 9.99. The quantitative estimate of drug-likeness (QED) is 0.278. The zero-order valence-corrected chi connectivity index (χ0v) is 24.0. The third-order valence-corrected chi connectivity index (χ3v) is 8.11. The first-order valence-electron chi connectivity index (χ1n) is 14.3. The van der Waals surface area contributed by atoms with E-state index in [1.165, 1.54) is 12.1 Å². The minimum absolute atomic E-state index is 0.222. The van der Waals surface area contributed by atoms with Crippen LogP contribution >= 0.6 is 0 Å². The number of aromatic amines is 1. The summed E-state index contributed by atoms with van der Waals surface area (Å²) in [4.78, 5) is 20.8. The summed E-state index contributed by atoms with van der Waals surface area (Å²) in [6.45, 7) is 6.49. The van der Waals surface area contributed by atoms with Crippen LogP contribution in [0.5, 0.6) is 0 Å². The summed E-state index contributed by atoms with van der Waals surface area (Å²) in [5, 5.41) is 13.7. The first-order chi connectivity index (χ1) is 20.7. The highest BCUT2D eigenvalue weighted by Crippen LogP contribution is 2.33. The van der Waals surface area contributed by atoms with E-state index >= 15 is 0 Å². The summed E-state index contributed by atoms with van der Waals surface area (Å²) in [6.07, 6.45) is -3.70. The van der Waals surface area contributed by atoms with Crippen molar-refractivity contribution in [3.8, 4) is 0 Å². The Morgan fingerprint density at radius 3 is 2.44 bits per heavy atom. The Hall–Kier alpha value is -4.51. The van der Waals surface area contributed by atoms with Gasteiger partial charge in [-0.2, -0.15) is 13.2 Å². The lowest BCUT2D eigenvalue weighted by molar-refractivity contribution is -0.137. The molecule has 3 aromatic carbocycles. The molecule has 0 spiro atoms. The predicted octanol–water partition coefficient (Wildman–Crippen LogP) is 5.30. The summed E-state index contributed by atoms with van der Waals surface area (Å²) >= 11 is 0. The minimum Gasteiger partial charge on any atom is -0.369 e. The van der Waals surface area contributed by atoms with Gasteiger partial charge in [-0.15, -0.1) is 5.10 Å². The van der Waals surface area contributed by atoms with E-state index in [9.17, 15) is 18.0 Å². The maximum absolute atomic E-state index is 13.7. The maximum Gasteiger partial charge on any atom is 0.416 e. The molecule has 5 aromatic rings. The standard InChI is InChI=1S/C32H32F3N7O/c1-21-17-22(2)26-20-27(31(43)36-28(26)18-21)29(30-37-38-39-42(30)12-11-23-7-4-3-5-8-23)41-15-13-40(14-16-41)25-10-6-9-24(19-25)32(33,34)35/h3-10,17-20,29H,11-16H2,1-2H3,(H,36,43)/t29-/m1/s1. The van der Waals surface area contributed by atoms with Gasteiger partial charge in [-0.25, -0.2) is 4.68 Å². The molecule has 0 radical (unpaired) electrons. The molecule has 0 aliphatic carbocycles. The van der Waals surface area contributed by atoms with Crippen LogP contribution in [0.2, 0.25) is 0 Å². The highest BCUT2D eigenvalue weighted by Gasteiger charge is 2.34. The van der Waals surface area contributed by atoms with Crippen LogP contribution in [0.4, 0.5) is 18.9 Å². The number of pyridine rings is 1. The molecule has 8 nitrogen and oxygen atoms in total. The van der Waals surface area contributed by atoms with E-state index in [0.717, 1.165) is 33.7 Å². The molecule has 0 bridgehead atoms. The second-order valence-corrected chi connectivity index (χ2v) is 11.1. The van der Waals surface area contributed by atoms with Crippen molar-refractivity contribution in [3.05, 3.63) is 117 Å². The van der Waals surface area contributed by atoms with Crippen molar-refractivity contribution >= 4 is 16.6 Å². The van der Waals surface area contributed by atoms with Crippen molar-refractivity contribution in [3.63, 3.8) is 0 Å². The topological polar surface area (TPSA) is 82.9 Å². The molecule has 6 rings (SSSR count). The van der Waals surface area contributed by atoms with Crippen LogP contribution in [0, 0.1) is 13.8 Å². The minimum atomic E-state index is -4.41. The molecule has 1 atom stereocenters. The van der Waals surface area contributed by atoms with Gasteiger partial charge >= 0.3 is 6.18 Å². The van der Waals surface area contributed by atoms with Gasteiger partial charge in [0, 0.05) is 54.9 Å². The van der Waals surface area contributed by atoms with Crippen LogP contribution in [0.15, 0.2) is 77.6 Å². The van der Waals surface area contributed by atoms with E-state index in [1.807, 2.05) is 61.2 Å². The van der Waals surface area contributed by atoms with E-state index in [0.29, 0.717) is 56.2 Å². The molecule has 1 N–H and O–H groups in total. The molecule has 0 unspecified atom stereocenters. The molecule has 1 aliphatic rings. The molecular weight excluding hydrogens is 555 g/mol. The highest BCUT2D eigenvalue weighted by molar-refractivity contribution is 5.83. The molecule has 0 saturated carbocycles. The number of aryl methyl sites for hydroxylation is 4. The number of halogens is 3. The molecule has 1 saturated heterocycles. The number of hydrogen-bond donors (Lipinski definition) is 1. The number of benzene rings is 3. The number of piperazine rings is 1. The summed E-state index contributed by atoms with van der Waals surface area (Å²) < 4.78 is 41.9. The van der Waals surface area contributed by atoms with E-state index in [4.69, 9.17) is 0 Å². The summed E-state index contributed by atoms with van der Waals surface area (Å²) in [5.74, 6) is 0.554. The number of H-pyrrole nitrogens is 1. The molecule has 43 heavy (non-hydrogen) atoms. The van der Waals surface area contributed by atoms with Crippen LogP contribution in [-0.4, -0.2) is 56.3 Å². The van der Waals surface area contributed by atoms with Crippen molar-refractivity contribution in [2.45, 2.75) is 39.0 Å². The average Bonchev–Trinajstić information content (AvgIpc) is 3.45. The molecule has 1 aliphatic heterocycles. The Labute approximate surface area is 246 Å². The Morgan fingerprint density at radius 1 is 0.930 bits per heavy atom. The van der Waals surface area contributed by atoms with E-state index < -0.39 is 17.8 Å². The fraction of sp³-hybridized carbons (Fsp3) is 0.312. The number of nitrogens with one attached hydrogen (secondary N) is 1. The van der Waals surface area contributed by atoms with Gasteiger partial charge in [-0.1, -0.05) is 42.5 Å². The van der Waals surface area contributed by atoms with Crippen LogP contribution < -0.4 is 10.5 Å². The largest absolute Gasteiger partial charge is 0.416 e. The first kappa shape index (κ1) is 28.6. The molecule has 3 heterocycles. The first-order valence-corrected chi connectivity index (χ1v) is 14.3. The van der Waals surface area contributed by atoms with Gasteiger partial charge < -0.3 is 9.88 Å². The van der Waals surface area contributed by atoms with Crippen molar-refractivity contribution in [2.24, 2.45) is 0 Å². The van der Waals surface area contributed by atoms with E-state index in [2.05, 4.69) is 31.5 Å². The third-order valence-electron chi connectivity index (χ3n) is 8.11. The maximum atomic E-state index is 13.7. The normalized spacial score (nSPS) is 15.2. The van der Waals surface area contributed by atoms with Crippen molar-refractivity contribution in [2.75, 3.05) is 31.1 Å². The van der Waals surface area contributed by atoms with Crippen molar-refractivity contribution in [1.29, 1.82) is 0 Å². The molecular formula is C32H32F3N7O. The number of fused-ring (bicyclic) bond motifs is 1. The fourth-order valence-electron chi connectivity index (χ4n) is 5.96. The fourth-order valence-corrected chi connectivity index (χ4v) is 5.96. The number of nitrogens with zero attached hydrogens (tertiary/aromatic N) is 6. The molecule has 11 heteroatoms. The van der Waals surface area contributed by atoms with Gasteiger partial charge in [0.25, 0.3) is 5.56 Å². The van der Waals surface area contributed by atoms with Crippen LogP contribution in [0.3, 0.4) is 0 Å². The van der Waals surface area contributed by atoms with Gasteiger partial charge in [-0.3, -0.25) is 9.69 Å². The number of rotatable bonds is 7. The highest BCUT2D eigenvalue weighted by atomic mass is 19.4. The Balaban J connectivity index is 1.35. The summed E-state index contributed by atoms with van der Waals surface area (Å²) in [6, 6.07) is 20.9. The van der Waals surface area contributed by atoms with Gasteiger partial charge in [0.1, 0.15) is 6.04 Å². The Bertz CT molecular complexity index is 1790. The second kappa shape index (κ2) is 11.6. The van der Waals surface area contributed by atoms with Gasteiger partial charge in [-0.05, 0) is 77.7 Å². The van der Waals surface area contributed by atoms with Gasteiger partial charge in [0.05, 0.1) is 5.56 Å². The number of alkyl halides is 3. The lowest BCUT2D eigenvalue weighted by Crippen LogP contribution is -2.49. The Morgan fingerprint density at radius 2 is 1.70 bits per heavy atom. The summed E-state index contributed by atoms with van der Waals surface area (Å²) in [7, 11) is 0. The van der Waals surface area contributed by atoms with Crippen LogP contribution in [0.25, 0.3) is 10.9 Å². The van der Waals surface area contributed by atoms with Crippen molar-refractivity contribution < 1.29 is 13.2 Å². The molecule has 222 valence electrons. The van der Waals surface area contributed by atoms with Gasteiger partial charge in [0.2, 0.25) is 0 Å². The molecule has 0 amide bonds. The van der Waals surface area contributed by atoms with E-state index in [-0.39, 0.29) is 5.56 Å². The average molecular weight is 588 g/mol. The summed E-state index contributed by atoms with van der Waals surface area (Å²) in [5.41, 5.74) is 4.17. The lowest BCUT2D eigenvalue weighted by Gasteiger charge is -2.39. The SMILES string of the molecule is Cc1cc(C)c2cc([C@H](c3nnnn3CCc3ccccc3)N3CCN(c4cccc(C(F)(F)F)c4)CC3)c(=O)[nH]c2c1. The number of aromatic nitrogens is 5. The zero-order valence-electron chi connectivity index (χ0n) is 24.0.